The zero-order valence-electron chi connectivity index (χ0n) is 10.4. The molecule has 0 unspecified atom stereocenters. The fraction of sp³-hybridized carbons (Fsp3) is 0.800. The summed E-state index contributed by atoms with van der Waals surface area (Å²) in [6.07, 6.45) is 12.1. The van der Waals surface area contributed by atoms with Gasteiger partial charge in [-0.3, -0.25) is 4.79 Å². The first-order valence-corrected chi connectivity index (χ1v) is 6.78. The second-order valence-electron chi connectivity index (χ2n) is 6.41. The molecule has 4 aliphatic carbocycles. The average Bonchev–Trinajstić information content (AvgIpc) is 2.26. The van der Waals surface area contributed by atoms with E-state index in [1.165, 1.54) is 19.3 Å². The molecule has 0 spiro atoms. The van der Waals surface area contributed by atoms with Crippen LogP contribution in [0.4, 0.5) is 0 Å². The van der Waals surface area contributed by atoms with Crippen LogP contribution in [0.1, 0.15) is 45.4 Å². The van der Waals surface area contributed by atoms with Gasteiger partial charge in [-0.25, -0.2) is 0 Å². The van der Waals surface area contributed by atoms with Crippen LogP contribution in [0.25, 0.3) is 0 Å². The van der Waals surface area contributed by atoms with Crippen molar-refractivity contribution in [2.45, 2.75) is 51.6 Å². The molecule has 0 saturated heterocycles. The van der Waals surface area contributed by atoms with E-state index in [2.05, 4.69) is 5.92 Å². The lowest BCUT2D eigenvalue weighted by atomic mass is 9.49. The van der Waals surface area contributed by atoms with Crippen molar-refractivity contribution in [2.75, 3.05) is 0 Å². The summed E-state index contributed by atoms with van der Waals surface area (Å²) in [7, 11) is 0. The Morgan fingerprint density at radius 3 is 2.12 bits per heavy atom. The molecule has 4 saturated carbocycles. The smallest absolute Gasteiger partial charge is 0.313 e. The molecule has 4 bridgehead atoms. The van der Waals surface area contributed by atoms with Crippen molar-refractivity contribution in [3.8, 4) is 12.3 Å². The fourth-order valence-electron chi connectivity index (χ4n) is 4.68. The van der Waals surface area contributed by atoms with Gasteiger partial charge < -0.3 is 4.74 Å². The quantitative estimate of drug-likeness (QED) is 0.540. The Balaban J connectivity index is 1.78. The number of rotatable bonds is 2. The van der Waals surface area contributed by atoms with Crippen molar-refractivity contribution in [3.63, 3.8) is 0 Å². The molecule has 92 valence electrons. The van der Waals surface area contributed by atoms with Crippen LogP contribution < -0.4 is 0 Å². The second kappa shape index (κ2) is 3.77. The highest BCUT2D eigenvalue weighted by Gasteiger charge is 2.55. The minimum Gasteiger partial charge on any atom is -0.449 e. The highest BCUT2D eigenvalue weighted by atomic mass is 16.5. The van der Waals surface area contributed by atoms with Crippen LogP contribution in [0, 0.1) is 35.5 Å². The van der Waals surface area contributed by atoms with E-state index in [9.17, 15) is 4.79 Å². The van der Waals surface area contributed by atoms with Crippen LogP contribution in [0.15, 0.2) is 0 Å². The van der Waals surface area contributed by atoms with Crippen LogP contribution in [0.2, 0.25) is 0 Å². The SMILES string of the molecule is C#C[C@H](C)OC(=O)C12CC3CC(CC(C3)C1)C2. The first-order valence-electron chi connectivity index (χ1n) is 6.78. The maximum Gasteiger partial charge on any atom is 0.313 e. The van der Waals surface area contributed by atoms with E-state index in [1.807, 2.05) is 0 Å². The first kappa shape index (κ1) is 11.1. The standard InChI is InChI=1S/C15H20O2/c1-3-10(2)17-14(16)15-7-11-4-12(8-15)6-13(5-11)9-15/h1,10-13H,4-9H2,2H3/t10-,11?,12?,13?,15?/m0/s1. The molecule has 0 amide bonds. The molecule has 2 nitrogen and oxygen atoms in total. The van der Waals surface area contributed by atoms with Gasteiger partial charge in [-0.15, -0.1) is 6.42 Å². The maximum absolute atomic E-state index is 12.3. The number of carbonyl (C=O) groups is 1. The highest BCUT2D eigenvalue weighted by Crippen LogP contribution is 2.60. The van der Waals surface area contributed by atoms with Crippen LogP contribution >= 0.6 is 0 Å². The van der Waals surface area contributed by atoms with E-state index in [0.29, 0.717) is 0 Å². The maximum atomic E-state index is 12.3. The summed E-state index contributed by atoms with van der Waals surface area (Å²) in [6, 6.07) is 0. The summed E-state index contributed by atoms with van der Waals surface area (Å²) in [4.78, 5) is 12.3. The molecule has 2 heteroatoms. The van der Waals surface area contributed by atoms with E-state index in [0.717, 1.165) is 37.0 Å². The van der Waals surface area contributed by atoms with E-state index >= 15 is 0 Å². The molecule has 0 N–H and O–H groups in total. The zero-order valence-corrected chi connectivity index (χ0v) is 10.4. The Morgan fingerprint density at radius 1 is 1.24 bits per heavy atom. The normalized spacial score (nSPS) is 44.1. The van der Waals surface area contributed by atoms with Gasteiger partial charge in [0.1, 0.15) is 0 Å². The molecule has 0 aromatic heterocycles. The van der Waals surface area contributed by atoms with Crippen molar-refractivity contribution in [3.05, 3.63) is 0 Å². The van der Waals surface area contributed by atoms with E-state index in [4.69, 9.17) is 11.2 Å². The molecule has 0 aromatic rings. The first-order chi connectivity index (χ1) is 8.11. The van der Waals surface area contributed by atoms with Gasteiger partial charge in [0.25, 0.3) is 0 Å². The number of carbonyl (C=O) groups excluding carboxylic acids is 1. The Bertz CT molecular complexity index is 342. The predicted octanol–water partition coefficient (Wildman–Crippen LogP) is 2.77. The van der Waals surface area contributed by atoms with E-state index in [-0.39, 0.29) is 17.5 Å². The van der Waals surface area contributed by atoms with Gasteiger partial charge in [0.15, 0.2) is 6.10 Å². The monoisotopic (exact) mass is 232 g/mol. The topological polar surface area (TPSA) is 26.3 Å². The molecule has 0 aliphatic heterocycles. The predicted molar refractivity (Wildman–Crippen MR) is 65.0 cm³/mol. The molecular weight excluding hydrogens is 212 g/mol. The van der Waals surface area contributed by atoms with Crippen LogP contribution in [0.3, 0.4) is 0 Å². The highest BCUT2D eigenvalue weighted by molar-refractivity contribution is 5.78. The van der Waals surface area contributed by atoms with Gasteiger partial charge >= 0.3 is 5.97 Å². The summed E-state index contributed by atoms with van der Waals surface area (Å²) in [5.74, 6) is 4.79. The van der Waals surface area contributed by atoms with Crippen molar-refractivity contribution >= 4 is 5.97 Å². The molecule has 4 fully saturated rings. The summed E-state index contributed by atoms with van der Waals surface area (Å²) in [6.45, 7) is 1.78. The fourth-order valence-corrected chi connectivity index (χ4v) is 4.68. The van der Waals surface area contributed by atoms with Crippen LogP contribution in [-0.4, -0.2) is 12.1 Å². The van der Waals surface area contributed by atoms with E-state index < -0.39 is 0 Å². The number of esters is 1. The molecule has 0 heterocycles. The number of hydrogen-bond donors (Lipinski definition) is 0. The number of ether oxygens (including phenoxy) is 1. The molecular formula is C15H20O2. The minimum absolute atomic E-state index is 0.0120. The Kier molecular flexibility index (Phi) is 2.47. The van der Waals surface area contributed by atoms with Crippen molar-refractivity contribution in [1.82, 2.24) is 0 Å². The van der Waals surface area contributed by atoms with Gasteiger partial charge in [-0.1, -0.05) is 5.92 Å². The van der Waals surface area contributed by atoms with Gasteiger partial charge in [-0.05, 0) is 63.2 Å². The van der Waals surface area contributed by atoms with Gasteiger partial charge in [0, 0.05) is 0 Å². The Morgan fingerprint density at radius 2 is 1.71 bits per heavy atom. The Labute approximate surface area is 103 Å². The third-order valence-corrected chi connectivity index (χ3v) is 4.99. The van der Waals surface area contributed by atoms with Gasteiger partial charge in [-0.2, -0.15) is 0 Å². The van der Waals surface area contributed by atoms with Crippen LogP contribution in [0.5, 0.6) is 0 Å². The van der Waals surface area contributed by atoms with Crippen molar-refractivity contribution in [2.24, 2.45) is 23.2 Å². The van der Waals surface area contributed by atoms with Crippen molar-refractivity contribution < 1.29 is 9.53 Å². The van der Waals surface area contributed by atoms with Gasteiger partial charge in [0.2, 0.25) is 0 Å². The Hall–Kier alpha value is -0.970. The minimum atomic E-state index is -0.379. The summed E-state index contributed by atoms with van der Waals surface area (Å²) in [5, 5.41) is 0. The second-order valence-corrected chi connectivity index (χ2v) is 6.41. The number of terminal acetylenes is 1. The lowest BCUT2D eigenvalue weighted by molar-refractivity contribution is -0.173. The number of hydrogen-bond acceptors (Lipinski definition) is 2. The van der Waals surface area contributed by atoms with Crippen LogP contribution in [-0.2, 0) is 9.53 Å². The molecule has 17 heavy (non-hydrogen) atoms. The third kappa shape index (κ3) is 1.76. The lowest BCUT2D eigenvalue weighted by Gasteiger charge is -2.55. The zero-order chi connectivity index (χ0) is 12.0. The summed E-state index contributed by atoms with van der Waals surface area (Å²) in [5.41, 5.74) is -0.167. The molecule has 0 aromatic carbocycles. The summed E-state index contributed by atoms with van der Waals surface area (Å²) < 4.78 is 5.41. The third-order valence-electron chi connectivity index (χ3n) is 4.99. The van der Waals surface area contributed by atoms with Gasteiger partial charge in [0.05, 0.1) is 5.41 Å². The van der Waals surface area contributed by atoms with Crippen molar-refractivity contribution in [1.29, 1.82) is 0 Å². The summed E-state index contributed by atoms with van der Waals surface area (Å²) >= 11 is 0. The van der Waals surface area contributed by atoms with E-state index in [1.54, 1.807) is 6.92 Å². The molecule has 0 radical (unpaired) electrons. The molecule has 1 atom stereocenters. The lowest BCUT2D eigenvalue weighted by Crippen LogP contribution is -2.51. The average molecular weight is 232 g/mol. The molecule has 4 rings (SSSR count). The largest absolute Gasteiger partial charge is 0.449 e. The molecule has 4 aliphatic rings.